The minimum absolute atomic E-state index is 0.0670. The number of nitrogens with zero attached hydrogens (tertiary/aromatic N) is 3. The van der Waals surface area contributed by atoms with E-state index in [-0.39, 0.29) is 11.6 Å². The van der Waals surface area contributed by atoms with Crippen LogP contribution in [-0.2, 0) is 18.4 Å². The number of nitrogens with one attached hydrogen (secondary N) is 1. The van der Waals surface area contributed by atoms with E-state index in [1.807, 2.05) is 29.2 Å². The summed E-state index contributed by atoms with van der Waals surface area (Å²) in [5.74, 6) is 0.119. The van der Waals surface area contributed by atoms with Crippen LogP contribution in [0.25, 0.3) is 11.0 Å². The quantitative estimate of drug-likeness (QED) is 0.901. The molecule has 1 fully saturated rings. The van der Waals surface area contributed by atoms with Crippen LogP contribution in [0.4, 0.5) is 0 Å². The number of hydrogen-bond donors (Lipinski definition) is 1. The average molecular weight is 302 g/mol. The number of aryl methyl sites for hydroxylation is 2. The van der Waals surface area contributed by atoms with Crippen LogP contribution in [0.2, 0.25) is 0 Å². The third kappa shape index (κ3) is 2.66. The Morgan fingerprint density at radius 2 is 2.05 bits per heavy atom. The van der Waals surface area contributed by atoms with E-state index in [0.717, 1.165) is 30.7 Å². The third-order valence-corrected chi connectivity index (χ3v) is 4.32. The number of fused-ring (bicyclic) bond motifs is 1. The predicted molar refractivity (Wildman–Crippen MR) is 85.8 cm³/mol. The molecule has 6 heteroatoms. The number of para-hydroxylation sites is 2. The maximum absolute atomic E-state index is 12.3. The summed E-state index contributed by atoms with van der Waals surface area (Å²) in [6, 6.07) is 8.01. The Bertz CT molecular complexity index is 746. The predicted octanol–water partition coefficient (Wildman–Crippen LogP) is 0.550. The first-order valence-electron chi connectivity index (χ1n) is 7.73. The standard InChI is InChI=1S/C16H22N4O2/c1-12-11-19(10-8-17-12)15(21)7-9-20-14-6-4-3-5-13(14)18(2)16(20)22/h3-6,12,17H,7-11H2,1-2H3. The van der Waals surface area contributed by atoms with Crippen molar-refractivity contribution in [1.82, 2.24) is 19.4 Å². The van der Waals surface area contributed by atoms with Crippen molar-refractivity contribution in [1.29, 1.82) is 0 Å². The molecule has 0 radical (unpaired) electrons. The van der Waals surface area contributed by atoms with Gasteiger partial charge >= 0.3 is 5.69 Å². The van der Waals surface area contributed by atoms with Gasteiger partial charge in [-0.2, -0.15) is 0 Å². The molecule has 6 nitrogen and oxygen atoms in total. The highest BCUT2D eigenvalue weighted by atomic mass is 16.2. The van der Waals surface area contributed by atoms with E-state index in [9.17, 15) is 9.59 Å². The van der Waals surface area contributed by atoms with Crippen LogP contribution in [-0.4, -0.2) is 45.6 Å². The van der Waals surface area contributed by atoms with Crippen molar-refractivity contribution in [3.8, 4) is 0 Å². The summed E-state index contributed by atoms with van der Waals surface area (Å²) in [6.45, 7) is 4.82. The first-order valence-corrected chi connectivity index (χ1v) is 7.73. The van der Waals surface area contributed by atoms with E-state index in [4.69, 9.17) is 0 Å². The Hall–Kier alpha value is -2.08. The molecule has 0 saturated carbocycles. The van der Waals surface area contributed by atoms with Crippen molar-refractivity contribution in [2.24, 2.45) is 7.05 Å². The first-order chi connectivity index (χ1) is 10.6. The van der Waals surface area contributed by atoms with Gasteiger partial charge in [0.25, 0.3) is 0 Å². The molecule has 2 heterocycles. The largest absolute Gasteiger partial charge is 0.340 e. The zero-order valence-corrected chi connectivity index (χ0v) is 13.1. The lowest BCUT2D eigenvalue weighted by Gasteiger charge is -2.32. The first kappa shape index (κ1) is 14.8. The minimum atomic E-state index is -0.0670. The van der Waals surface area contributed by atoms with Gasteiger partial charge in [0, 0.05) is 45.7 Å². The lowest BCUT2D eigenvalue weighted by Crippen LogP contribution is -2.51. The van der Waals surface area contributed by atoms with Gasteiger partial charge in [0.05, 0.1) is 11.0 Å². The Morgan fingerprint density at radius 1 is 1.32 bits per heavy atom. The molecular formula is C16H22N4O2. The number of piperazine rings is 1. The van der Waals surface area contributed by atoms with Crippen molar-refractivity contribution in [2.45, 2.75) is 25.9 Å². The molecule has 1 aromatic carbocycles. The Labute approximate surface area is 129 Å². The zero-order valence-electron chi connectivity index (χ0n) is 13.1. The summed E-state index contributed by atoms with van der Waals surface area (Å²) in [6.07, 6.45) is 0.362. The van der Waals surface area contributed by atoms with Crippen molar-refractivity contribution >= 4 is 16.9 Å². The van der Waals surface area contributed by atoms with Gasteiger partial charge in [0.1, 0.15) is 0 Å². The second-order valence-electron chi connectivity index (χ2n) is 5.93. The van der Waals surface area contributed by atoms with Crippen LogP contribution in [0.1, 0.15) is 13.3 Å². The number of imidazole rings is 1. The van der Waals surface area contributed by atoms with Crippen LogP contribution in [0.5, 0.6) is 0 Å². The van der Waals surface area contributed by atoms with Gasteiger partial charge in [0.15, 0.2) is 0 Å². The van der Waals surface area contributed by atoms with Crippen LogP contribution < -0.4 is 11.0 Å². The number of rotatable bonds is 3. The fourth-order valence-corrected chi connectivity index (χ4v) is 3.10. The van der Waals surface area contributed by atoms with Gasteiger partial charge in [-0.25, -0.2) is 4.79 Å². The van der Waals surface area contributed by atoms with Crippen molar-refractivity contribution < 1.29 is 4.79 Å². The second-order valence-corrected chi connectivity index (χ2v) is 5.93. The molecule has 1 aromatic heterocycles. The number of hydrogen-bond acceptors (Lipinski definition) is 3. The summed E-state index contributed by atoms with van der Waals surface area (Å²) in [5, 5.41) is 3.32. The molecule has 3 rings (SSSR count). The number of aromatic nitrogens is 2. The van der Waals surface area contributed by atoms with Crippen molar-refractivity contribution in [3.63, 3.8) is 0 Å². The normalized spacial score (nSPS) is 18.8. The van der Waals surface area contributed by atoms with Crippen molar-refractivity contribution in [3.05, 3.63) is 34.7 Å². The van der Waals surface area contributed by atoms with E-state index in [2.05, 4.69) is 12.2 Å². The highest BCUT2D eigenvalue weighted by Gasteiger charge is 2.20. The molecule has 1 amide bonds. The van der Waals surface area contributed by atoms with E-state index < -0.39 is 0 Å². The summed E-state index contributed by atoms with van der Waals surface area (Å²) >= 11 is 0. The molecule has 1 unspecified atom stereocenters. The van der Waals surface area contributed by atoms with Crippen molar-refractivity contribution in [2.75, 3.05) is 19.6 Å². The fraction of sp³-hybridized carbons (Fsp3) is 0.500. The van der Waals surface area contributed by atoms with E-state index >= 15 is 0 Å². The van der Waals surface area contributed by atoms with Gasteiger partial charge in [0.2, 0.25) is 5.91 Å². The Kier molecular flexibility index (Phi) is 4.02. The molecule has 1 aliphatic heterocycles. The minimum Gasteiger partial charge on any atom is -0.340 e. The molecular weight excluding hydrogens is 280 g/mol. The van der Waals surface area contributed by atoms with Gasteiger partial charge in [-0.3, -0.25) is 13.9 Å². The highest BCUT2D eigenvalue weighted by Crippen LogP contribution is 2.12. The Balaban J connectivity index is 1.75. The molecule has 0 bridgehead atoms. The van der Waals surface area contributed by atoms with E-state index in [1.54, 1.807) is 16.2 Å². The molecule has 22 heavy (non-hydrogen) atoms. The summed E-state index contributed by atoms with van der Waals surface area (Å²) in [4.78, 5) is 26.6. The number of amides is 1. The highest BCUT2D eigenvalue weighted by molar-refractivity contribution is 5.78. The van der Waals surface area contributed by atoms with E-state index in [0.29, 0.717) is 19.0 Å². The summed E-state index contributed by atoms with van der Waals surface area (Å²) in [7, 11) is 1.76. The van der Waals surface area contributed by atoms with Gasteiger partial charge in [-0.15, -0.1) is 0 Å². The maximum Gasteiger partial charge on any atom is 0.328 e. The monoisotopic (exact) mass is 302 g/mol. The van der Waals surface area contributed by atoms with Crippen LogP contribution in [0.15, 0.2) is 29.1 Å². The van der Waals surface area contributed by atoms with Gasteiger partial charge < -0.3 is 10.2 Å². The summed E-state index contributed by atoms with van der Waals surface area (Å²) in [5.41, 5.74) is 1.72. The molecule has 118 valence electrons. The van der Waals surface area contributed by atoms with Gasteiger partial charge in [-0.05, 0) is 19.1 Å². The average Bonchev–Trinajstić information content (AvgIpc) is 2.77. The molecule has 1 N–H and O–H groups in total. The third-order valence-electron chi connectivity index (χ3n) is 4.32. The topological polar surface area (TPSA) is 59.3 Å². The van der Waals surface area contributed by atoms with Crippen LogP contribution >= 0.6 is 0 Å². The van der Waals surface area contributed by atoms with E-state index in [1.165, 1.54) is 0 Å². The summed E-state index contributed by atoms with van der Waals surface area (Å²) < 4.78 is 3.32. The van der Waals surface area contributed by atoms with Crippen LogP contribution in [0.3, 0.4) is 0 Å². The number of carbonyl (C=O) groups is 1. The Morgan fingerprint density at radius 3 is 2.77 bits per heavy atom. The maximum atomic E-state index is 12.3. The lowest BCUT2D eigenvalue weighted by molar-refractivity contribution is -0.132. The second kappa shape index (κ2) is 5.96. The molecule has 1 atom stereocenters. The SMILES string of the molecule is CC1CN(C(=O)CCn2c(=O)n(C)c3ccccc32)CCN1. The zero-order chi connectivity index (χ0) is 15.7. The molecule has 0 aliphatic carbocycles. The molecule has 1 saturated heterocycles. The molecule has 1 aliphatic rings. The molecule has 0 spiro atoms. The fourth-order valence-electron chi connectivity index (χ4n) is 3.10. The van der Waals surface area contributed by atoms with Gasteiger partial charge in [-0.1, -0.05) is 12.1 Å². The molecule has 2 aromatic rings. The lowest BCUT2D eigenvalue weighted by atomic mass is 10.2. The number of benzene rings is 1. The number of carbonyl (C=O) groups excluding carboxylic acids is 1. The van der Waals surface area contributed by atoms with Crippen LogP contribution in [0, 0.1) is 0 Å². The smallest absolute Gasteiger partial charge is 0.328 e.